The molecule has 2 unspecified atom stereocenters. The summed E-state index contributed by atoms with van der Waals surface area (Å²) in [7, 11) is 0. The summed E-state index contributed by atoms with van der Waals surface area (Å²) >= 11 is -0.536. The zero-order valence-corrected chi connectivity index (χ0v) is 14.9. The van der Waals surface area contributed by atoms with Crippen LogP contribution in [0.25, 0.3) is 0 Å². The molecule has 0 bridgehead atoms. The molecule has 2 atom stereocenters. The van der Waals surface area contributed by atoms with Gasteiger partial charge >= 0.3 is 99.8 Å². The van der Waals surface area contributed by atoms with Gasteiger partial charge in [-0.1, -0.05) is 0 Å². The van der Waals surface area contributed by atoms with Crippen LogP contribution >= 0.6 is 17.0 Å². The fourth-order valence-electron chi connectivity index (χ4n) is 1.22. The molecule has 92 valence electrons. The number of halogens is 1. The molecule has 2 radical (unpaired) electrons. The third kappa shape index (κ3) is 15.2. The van der Waals surface area contributed by atoms with E-state index in [4.69, 9.17) is 8.81 Å². The maximum atomic E-state index is 5.73. The van der Waals surface area contributed by atoms with Gasteiger partial charge in [0.05, 0.1) is 0 Å². The number of rotatable bonds is 9. The fraction of sp³-hybridized carbons (Fsp3) is 1.00. The van der Waals surface area contributed by atoms with E-state index in [1.54, 1.807) is 0 Å². The summed E-state index contributed by atoms with van der Waals surface area (Å²) in [5, 5.41) is 0. The molecule has 0 saturated carbocycles. The minimum atomic E-state index is -0.536. The molecule has 0 aliphatic heterocycles. The van der Waals surface area contributed by atoms with E-state index in [-0.39, 0.29) is 17.0 Å². The molecule has 0 fully saturated rings. The van der Waals surface area contributed by atoms with Gasteiger partial charge in [0.15, 0.2) is 0 Å². The first kappa shape index (κ1) is 18.6. The Balaban J connectivity index is 0. The van der Waals surface area contributed by atoms with Gasteiger partial charge in [-0.05, 0) is 0 Å². The van der Waals surface area contributed by atoms with Gasteiger partial charge in [-0.25, -0.2) is 0 Å². The summed E-state index contributed by atoms with van der Waals surface area (Å²) in [4.78, 5) is 0. The van der Waals surface area contributed by atoms with Crippen LogP contribution < -0.4 is 5.73 Å². The molecule has 15 heavy (non-hydrogen) atoms. The van der Waals surface area contributed by atoms with Crippen molar-refractivity contribution in [2.24, 2.45) is 5.73 Å². The van der Waals surface area contributed by atoms with Crippen molar-refractivity contribution in [3.8, 4) is 0 Å². The predicted octanol–water partition coefficient (Wildman–Crippen LogP) is 3.33. The van der Waals surface area contributed by atoms with Crippen molar-refractivity contribution >= 4 is 38.5 Å². The van der Waals surface area contributed by atoms with Gasteiger partial charge in [-0.2, -0.15) is 0 Å². The van der Waals surface area contributed by atoms with Gasteiger partial charge in [0.1, 0.15) is 0 Å². The Labute approximate surface area is 116 Å². The van der Waals surface area contributed by atoms with Crippen molar-refractivity contribution in [1.82, 2.24) is 0 Å². The van der Waals surface area contributed by atoms with Gasteiger partial charge in [0.2, 0.25) is 0 Å². The summed E-state index contributed by atoms with van der Waals surface area (Å²) in [5.41, 5.74) is 5.70. The predicted molar refractivity (Wildman–Crippen MR) is 73.9 cm³/mol. The van der Waals surface area contributed by atoms with E-state index in [2.05, 4.69) is 20.8 Å². The van der Waals surface area contributed by atoms with Gasteiger partial charge in [0.25, 0.3) is 0 Å². The van der Waals surface area contributed by atoms with Crippen LogP contribution in [0.5, 0.6) is 0 Å². The third-order valence-corrected chi connectivity index (χ3v) is 5.21. The maximum absolute atomic E-state index is 5.73. The standard InChI is InChI=1S/C7H16N.C4H9O.BrH.Sn/c1-3-4-5-6-7(2)8;1-2-3-4-5;;/h3,7H,4-6,8H2,1-2H3;2-4H2,1H3;1H;/q;-1;;+1. The first-order valence-electron chi connectivity index (χ1n) is 5.79. The molecular formula is C11H26BrNOSn. The second-order valence-corrected chi connectivity index (χ2v) is 8.44. The van der Waals surface area contributed by atoms with E-state index in [0.29, 0.717) is 6.04 Å². The molecule has 0 amide bonds. The van der Waals surface area contributed by atoms with Crippen molar-refractivity contribution < 1.29 is 3.07 Å². The zero-order chi connectivity index (χ0) is 10.8. The molecule has 0 aromatic heterocycles. The molecule has 0 aromatic carbocycles. The van der Waals surface area contributed by atoms with Crippen LogP contribution in [0.3, 0.4) is 0 Å². The van der Waals surface area contributed by atoms with Crippen molar-refractivity contribution in [2.75, 3.05) is 6.61 Å². The fourth-order valence-corrected chi connectivity index (χ4v) is 3.70. The monoisotopic (exact) mass is 387 g/mol. The van der Waals surface area contributed by atoms with E-state index in [1.807, 2.05) is 0 Å². The molecule has 0 aliphatic carbocycles. The van der Waals surface area contributed by atoms with E-state index >= 15 is 0 Å². The van der Waals surface area contributed by atoms with Crippen molar-refractivity contribution in [2.45, 2.75) is 62.9 Å². The van der Waals surface area contributed by atoms with E-state index in [0.717, 1.165) is 10.5 Å². The Morgan fingerprint density at radius 2 is 1.87 bits per heavy atom. The molecule has 2 nitrogen and oxygen atoms in total. The molecule has 0 saturated heterocycles. The average molecular weight is 387 g/mol. The van der Waals surface area contributed by atoms with Gasteiger partial charge in [-0.3, -0.25) is 0 Å². The third-order valence-electron chi connectivity index (χ3n) is 2.18. The van der Waals surface area contributed by atoms with E-state index < -0.39 is 21.6 Å². The number of hydrogen-bond acceptors (Lipinski definition) is 2. The number of hydrogen-bond donors (Lipinski definition) is 1. The Morgan fingerprint density at radius 3 is 2.40 bits per heavy atom. The van der Waals surface area contributed by atoms with Crippen LogP contribution in [0.2, 0.25) is 3.93 Å². The molecule has 0 heterocycles. The number of unbranched alkanes of at least 4 members (excludes halogenated alkanes) is 1. The quantitative estimate of drug-likeness (QED) is 0.487. The molecule has 0 aliphatic rings. The van der Waals surface area contributed by atoms with Crippen LogP contribution in [0.15, 0.2) is 0 Å². The molecule has 0 rings (SSSR count). The molecular weight excluding hydrogens is 361 g/mol. The van der Waals surface area contributed by atoms with Crippen LogP contribution in [0.4, 0.5) is 0 Å². The van der Waals surface area contributed by atoms with E-state index in [1.165, 1.54) is 32.1 Å². The van der Waals surface area contributed by atoms with Gasteiger partial charge in [0, 0.05) is 0 Å². The van der Waals surface area contributed by atoms with Crippen LogP contribution in [0, 0.1) is 0 Å². The number of nitrogens with two attached hydrogens (primary N) is 1. The summed E-state index contributed by atoms with van der Waals surface area (Å²) in [5.74, 6) is 0. The molecule has 4 heteroatoms. The Hall–Kier alpha value is 1.20. The second kappa shape index (κ2) is 13.3. The Morgan fingerprint density at radius 1 is 1.20 bits per heavy atom. The molecule has 2 N–H and O–H groups in total. The normalized spacial score (nSPS) is 14.4. The van der Waals surface area contributed by atoms with Crippen LogP contribution in [0.1, 0.15) is 52.9 Å². The van der Waals surface area contributed by atoms with Crippen molar-refractivity contribution in [3.63, 3.8) is 0 Å². The first-order chi connectivity index (χ1) is 6.66. The van der Waals surface area contributed by atoms with Crippen molar-refractivity contribution in [3.05, 3.63) is 0 Å². The average Bonchev–Trinajstić information content (AvgIpc) is 2.12. The SMILES string of the molecule is Br.CCCC[O][Sn][CH](C)CCCC(C)N. The topological polar surface area (TPSA) is 35.2 Å². The zero-order valence-electron chi connectivity index (χ0n) is 10.3. The van der Waals surface area contributed by atoms with Crippen LogP contribution in [-0.2, 0) is 3.07 Å². The summed E-state index contributed by atoms with van der Waals surface area (Å²) in [6, 6.07) is 0.369. The molecule has 0 spiro atoms. The Kier molecular flexibility index (Phi) is 16.4. The van der Waals surface area contributed by atoms with Gasteiger partial charge < -0.3 is 0 Å². The molecule has 0 aromatic rings. The second-order valence-electron chi connectivity index (χ2n) is 4.13. The van der Waals surface area contributed by atoms with E-state index in [9.17, 15) is 0 Å². The summed E-state index contributed by atoms with van der Waals surface area (Å²) < 4.78 is 6.59. The summed E-state index contributed by atoms with van der Waals surface area (Å²) in [6.07, 6.45) is 6.24. The first-order valence-corrected chi connectivity index (χ1v) is 8.61. The Bertz CT molecular complexity index is 125. The van der Waals surface area contributed by atoms with Crippen molar-refractivity contribution in [1.29, 1.82) is 0 Å². The summed E-state index contributed by atoms with van der Waals surface area (Å²) in [6.45, 7) is 7.63. The van der Waals surface area contributed by atoms with Crippen LogP contribution in [-0.4, -0.2) is 34.2 Å². The minimum absolute atomic E-state index is 0. The van der Waals surface area contributed by atoms with Gasteiger partial charge in [-0.15, -0.1) is 17.0 Å².